The van der Waals surface area contributed by atoms with Gasteiger partial charge in [0.15, 0.2) is 0 Å². The third kappa shape index (κ3) is 3.16. The van der Waals surface area contributed by atoms with Crippen molar-refractivity contribution in [2.24, 2.45) is 5.41 Å². The summed E-state index contributed by atoms with van der Waals surface area (Å²) < 4.78 is 5.61. The smallest absolute Gasteiger partial charge is 0.250 e. The fraction of sp³-hybridized carbons (Fsp3) is 0.636. The summed E-state index contributed by atoms with van der Waals surface area (Å²) in [6, 6.07) is 1.40. The predicted molar refractivity (Wildman–Crippen MR) is 58.7 cm³/mol. The Balaban J connectivity index is 3.04. The Labute approximate surface area is 89.7 Å². The Morgan fingerprint density at radius 1 is 1.53 bits per heavy atom. The van der Waals surface area contributed by atoms with E-state index in [4.69, 9.17) is 4.74 Å². The molecule has 0 spiro atoms. The summed E-state index contributed by atoms with van der Waals surface area (Å²) in [5.41, 5.74) is -0.234. The molecule has 84 valence electrons. The van der Waals surface area contributed by atoms with Crippen LogP contribution in [-0.4, -0.2) is 16.6 Å². The van der Waals surface area contributed by atoms with Crippen LogP contribution in [0.25, 0.3) is 0 Å². The fourth-order valence-electron chi connectivity index (χ4n) is 1.42. The van der Waals surface area contributed by atoms with Crippen LogP contribution in [0.4, 0.5) is 0 Å². The van der Waals surface area contributed by atoms with Gasteiger partial charge in [-0.2, -0.15) is 0 Å². The van der Waals surface area contributed by atoms with Gasteiger partial charge in [0.1, 0.15) is 11.9 Å². The monoisotopic (exact) mass is 210 g/mol. The number of nitrogens with zero attached hydrogens (tertiary/aromatic N) is 1. The van der Waals surface area contributed by atoms with E-state index in [1.807, 2.05) is 6.92 Å². The van der Waals surface area contributed by atoms with E-state index in [-0.39, 0.29) is 17.1 Å². The van der Waals surface area contributed by atoms with E-state index in [0.29, 0.717) is 12.4 Å². The fourth-order valence-corrected chi connectivity index (χ4v) is 1.42. The van der Waals surface area contributed by atoms with Crippen molar-refractivity contribution in [3.8, 4) is 0 Å². The topological polar surface area (TPSA) is 55.0 Å². The van der Waals surface area contributed by atoms with Crippen molar-refractivity contribution in [2.45, 2.75) is 33.8 Å². The second-order valence-electron chi connectivity index (χ2n) is 4.52. The van der Waals surface area contributed by atoms with Gasteiger partial charge in [-0.25, -0.2) is 4.98 Å². The molecular weight excluding hydrogens is 192 g/mol. The van der Waals surface area contributed by atoms with E-state index in [2.05, 4.69) is 30.7 Å². The highest BCUT2D eigenvalue weighted by Gasteiger charge is 2.28. The van der Waals surface area contributed by atoms with Crippen molar-refractivity contribution in [2.75, 3.05) is 6.61 Å². The lowest BCUT2D eigenvalue weighted by Crippen LogP contribution is -2.25. The number of hydrogen-bond acceptors (Lipinski definition) is 3. The van der Waals surface area contributed by atoms with Crippen LogP contribution >= 0.6 is 0 Å². The second kappa shape index (κ2) is 4.57. The molecule has 1 heterocycles. The lowest BCUT2D eigenvalue weighted by atomic mass is 9.88. The molecule has 0 saturated carbocycles. The quantitative estimate of drug-likeness (QED) is 0.828. The Hall–Kier alpha value is -1.16. The zero-order chi connectivity index (χ0) is 11.5. The predicted octanol–water partition coefficient (Wildman–Crippen LogP) is 1.89. The molecule has 0 aliphatic heterocycles. The Morgan fingerprint density at radius 2 is 2.20 bits per heavy atom. The van der Waals surface area contributed by atoms with Gasteiger partial charge in [0.2, 0.25) is 0 Å². The number of aromatic amines is 1. The van der Waals surface area contributed by atoms with E-state index in [1.165, 1.54) is 12.3 Å². The van der Waals surface area contributed by atoms with Gasteiger partial charge in [-0.1, -0.05) is 20.8 Å². The van der Waals surface area contributed by atoms with Crippen LogP contribution in [0.2, 0.25) is 0 Å². The van der Waals surface area contributed by atoms with Crippen LogP contribution in [0.3, 0.4) is 0 Å². The van der Waals surface area contributed by atoms with Crippen LogP contribution < -0.4 is 5.56 Å². The normalized spacial score (nSPS) is 13.9. The molecule has 1 aromatic heterocycles. The third-order valence-corrected chi connectivity index (χ3v) is 2.06. The first-order valence-corrected chi connectivity index (χ1v) is 5.12. The van der Waals surface area contributed by atoms with Gasteiger partial charge in [-0.15, -0.1) is 0 Å². The SMILES string of the molecule is CCOC(c1nccc(=O)[nH]1)C(C)(C)C. The summed E-state index contributed by atoms with van der Waals surface area (Å²) in [6.07, 6.45) is 1.32. The van der Waals surface area contributed by atoms with Crippen LogP contribution in [0.1, 0.15) is 39.6 Å². The molecule has 0 bridgehead atoms. The molecule has 4 nitrogen and oxygen atoms in total. The average molecular weight is 210 g/mol. The van der Waals surface area contributed by atoms with Gasteiger partial charge in [0.25, 0.3) is 5.56 Å². The summed E-state index contributed by atoms with van der Waals surface area (Å²) >= 11 is 0. The van der Waals surface area contributed by atoms with Crippen molar-refractivity contribution >= 4 is 0 Å². The number of H-pyrrole nitrogens is 1. The Kier molecular flexibility index (Phi) is 3.63. The van der Waals surface area contributed by atoms with Crippen molar-refractivity contribution in [1.29, 1.82) is 0 Å². The van der Waals surface area contributed by atoms with Gasteiger partial charge in [-0.05, 0) is 12.3 Å². The van der Waals surface area contributed by atoms with E-state index >= 15 is 0 Å². The minimum atomic E-state index is -0.184. The lowest BCUT2D eigenvalue weighted by Gasteiger charge is -2.29. The molecule has 15 heavy (non-hydrogen) atoms. The van der Waals surface area contributed by atoms with Crippen LogP contribution in [0.15, 0.2) is 17.1 Å². The second-order valence-corrected chi connectivity index (χ2v) is 4.52. The largest absolute Gasteiger partial charge is 0.370 e. The van der Waals surface area contributed by atoms with Gasteiger partial charge in [0.05, 0.1) is 0 Å². The summed E-state index contributed by atoms with van der Waals surface area (Å²) in [4.78, 5) is 18.0. The summed E-state index contributed by atoms with van der Waals surface area (Å²) in [5.74, 6) is 0.594. The highest BCUT2D eigenvalue weighted by molar-refractivity contribution is 4.98. The van der Waals surface area contributed by atoms with Gasteiger partial charge in [0, 0.05) is 18.9 Å². The third-order valence-electron chi connectivity index (χ3n) is 2.06. The molecule has 1 aromatic rings. The molecule has 0 aliphatic rings. The molecule has 1 rings (SSSR count). The molecule has 0 saturated heterocycles. The molecule has 0 radical (unpaired) electrons. The summed E-state index contributed by atoms with van der Waals surface area (Å²) in [7, 11) is 0. The zero-order valence-electron chi connectivity index (χ0n) is 9.70. The first-order valence-electron chi connectivity index (χ1n) is 5.12. The molecule has 0 aliphatic carbocycles. The number of hydrogen-bond donors (Lipinski definition) is 1. The molecule has 1 N–H and O–H groups in total. The van der Waals surface area contributed by atoms with Crippen LogP contribution in [-0.2, 0) is 4.74 Å². The molecule has 0 amide bonds. The molecule has 0 fully saturated rings. The minimum absolute atomic E-state index is 0.0900. The number of ether oxygens (including phenoxy) is 1. The molecule has 0 aromatic carbocycles. The van der Waals surface area contributed by atoms with Crippen molar-refractivity contribution < 1.29 is 4.74 Å². The highest BCUT2D eigenvalue weighted by Crippen LogP contribution is 2.33. The molecule has 1 atom stereocenters. The van der Waals surface area contributed by atoms with E-state index < -0.39 is 0 Å². The van der Waals surface area contributed by atoms with Crippen molar-refractivity contribution in [3.05, 3.63) is 28.4 Å². The molecule has 4 heteroatoms. The average Bonchev–Trinajstić information content (AvgIpc) is 2.12. The maximum Gasteiger partial charge on any atom is 0.250 e. The van der Waals surface area contributed by atoms with Crippen molar-refractivity contribution in [3.63, 3.8) is 0 Å². The lowest BCUT2D eigenvalue weighted by molar-refractivity contribution is -0.0192. The van der Waals surface area contributed by atoms with Gasteiger partial charge < -0.3 is 9.72 Å². The van der Waals surface area contributed by atoms with Crippen LogP contribution in [0.5, 0.6) is 0 Å². The first-order chi connectivity index (χ1) is 6.95. The van der Waals surface area contributed by atoms with E-state index in [1.54, 1.807) is 0 Å². The van der Waals surface area contributed by atoms with Crippen molar-refractivity contribution in [1.82, 2.24) is 9.97 Å². The Morgan fingerprint density at radius 3 is 2.67 bits per heavy atom. The molecule has 1 unspecified atom stereocenters. The highest BCUT2D eigenvalue weighted by atomic mass is 16.5. The van der Waals surface area contributed by atoms with Gasteiger partial charge in [-0.3, -0.25) is 4.79 Å². The summed E-state index contributed by atoms with van der Waals surface area (Å²) in [5, 5.41) is 0. The van der Waals surface area contributed by atoms with Gasteiger partial charge >= 0.3 is 0 Å². The Bertz CT molecular complexity index is 365. The van der Waals surface area contributed by atoms with Crippen LogP contribution in [0, 0.1) is 5.41 Å². The minimum Gasteiger partial charge on any atom is -0.370 e. The maximum absolute atomic E-state index is 11.2. The maximum atomic E-state index is 11.2. The number of nitrogens with one attached hydrogen (secondary N) is 1. The van der Waals surface area contributed by atoms with E-state index in [0.717, 1.165) is 0 Å². The number of rotatable bonds is 3. The van der Waals surface area contributed by atoms with E-state index in [9.17, 15) is 4.79 Å². The standard InChI is InChI=1S/C11H18N2O2/c1-5-15-9(11(2,3)4)10-12-7-6-8(14)13-10/h6-7,9H,5H2,1-4H3,(H,12,13,14). The summed E-state index contributed by atoms with van der Waals surface area (Å²) in [6.45, 7) is 8.70. The first kappa shape index (κ1) is 11.9. The zero-order valence-corrected chi connectivity index (χ0v) is 9.70. The number of aromatic nitrogens is 2. The molecular formula is C11H18N2O2.